The minimum absolute atomic E-state index is 0.908. The maximum Gasteiger partial charge on any atom is 0.0973 e. The monoisotopic (exact) mass is 488 g/mol. The fourth-order valence-electron chi connectivity index (χ4n) is 5.45. The van der Waals surface area contributed by atoms with E-state index in [9.17, 15) is 0 Å². The van der Waals surface area contributed by atoms with Gasteiger partial charge in [-0.1, -0.05) is 103 Å². The van der Waals surface area contributed by atoms with Crippen molar-refractivity contribution < 1.29 is 0 Å². The van der Waals surface area contributed by atoms with E-state index in [0.717, 1.165) is 38.9 Å². The lowest BCUT2D eigenvalue weighted by Crippen LogP contribution is -1.96. The van der Waals surface area contributed by atoms with Gasteiger partial charge in [0.1, 0.15) is 0 Å². The normalized spacial score (nSPS) is 11.8. The highest BCUT2D eigenvalue weighted by atomic mass is 32.1. The molecule has 0 spiro atoms. The molecule has 0 aliphatic heterocycles. The third-order valence-electron chi connectivity index (χ3n) is 7.24. The van der Waals surface area contributed by atoms with Gasteiger partial charge in [-0.25, -0.2) is 9.97 Å². The van der Waals surface area contributed by atoms with Gasteiger partial charge in [-0.15, -0.1) is 11.3 Å². The van der Waals surface area contributed by atoms with Crippen LogP contribution < -0.4 is 0 Å². The van der Waals surface area contributed by atoms with Gasteiger partial charge in [0.15, 0.2) is 0 Å². The summed E-state index contributed by atoms with van der Waals surface area (Å²) in [5, 5.41) is 7.45. The van der Waals surface area contributed by atoms with E-state index >= 15 is 0 Å². The molecular formula is C34H20N2S. The molecule has 172 valence electrons. The molecule has 0 atom stereocenters. The molecule has 0 amide bonds. The van der Waals surface area contributed by atoms with Crippen LogP contribution in [0, 0.1) is 0 Å². The van der Waals surface area contributed by atoms with E-state index < -0.39 is 0 Å². The van der Waals surface area contributed by atoms with E-state index in [0.29, 0.717) is 0 Å². The zero-order valence-corrected chi connectivity index (χ0v) is 20.7. The molecule has 2 nitrogen and oxygen atoms in total. The molecule has 37 heavy (non-hydrogen) atoms. The number of hydrogen-bond acceptors (Lipinski definition) is 3. The average molecular weight is 489 g/mol. The lowest BCUT2D eigenvalue weighted by molar-refractivity contribution is 1.30. The Morgan fingerprint density at radius 1 is 0.459 bits per heavy atom. The van der Waals surface area contributed by atoms with Gasteiger partial charge in [0, 0.05) is 36.7 Å². The van der Waals surface area contributed by atoms with Crippen molar-refractivity contribution in [2.45, 2.75) is 0 Å². The van der Waals surface area contributed by atoms with Crippen LogP contribution >= 0.6 is 11.3 Å². The second-order valence-corrected chi connectivity index (χ2v) is 10.5. The molecule has 0 aliphatic rings. The van der Waals surface area contributed by atoms with Crippen molar-refractivity contribution in [1.82, 2.24) is 9.97 Å². The van der Waals surface area contributed by atoms with Gasteiger partial charge in [0.05, 0.1) is 22.4 Å². The van der Waals surface area contributed by atoms with Crippen molar-refractivity contribution >= 4 is 64.1 Å². The topological polar surface area (TPSA) is 25.8 Å². The van der Waals surface area contributed by atoms with Gasteiger partial charge in [-0.3, -0.25) is 0 Å². The Balaban J connectivity index is 1.42. The Morgan fingerprint density at radius 3 is 2.11 bits per heavy atom. The Kier molecular flexibility index (Phi) is 4.42. The van der Waals surface area contributed by atoms with Crippen LogP contribution in [-0.4, -0.2) is 9.97 Å². The Morgan fingerprint density at radius 2 is 1.19 bits per heavy atom. The van der Waals surface area contributed by atoms with Crippen LogP contribution in [0.2, 0.25) is 0 Å². The minimum Gasteiger partial charge on any atom is -0.244 e. The fraction of sp³-hybridized carbons (Fsp3) is 0. The number of aromatic nitrogens is 2. The van der Waals surface area contributed by atoms with Crippen LogP contribution in [0.4, 0.5) is 0 Å². The molecule has 0 N–H and O–H groups in total. The van der Waals surface area contributed by atoms with Crippen molar-refractivity contribution in [1.29, 1.82) is 0 Å². The molecule has 8 aromatic rings. The summed E-state index contributed by atoms with van der Waals surface area (Å²) in [6.07, 6.45) is 0. The Labute approximate surface area is 217 Å². The quantitative estimate of drug-likeness (QED) is 0.226. The van der Waals surface area contributed by atoms with Crippen LogP contribution in [0.5, 0.6) is 0 Å². The lowest BCUT2D eigenvalue weighted by atomic mass is 9.99. The average Bonchev–Trinajstić information content (AvgIpc) is 3.36. The predicted molar refractivity (Wildman–Crippen MR) is 158 cm³/mol. The highest BCUT2D eigenvalue weighted by molar-refractivity contribution is 7.26. The first kappa shape index (κ1) is 20.6. The van der Waals surface area contributed by atoms with Gasteiger partial charge in [0.25, 0.3) is 0 Å². The third kappa shape index (κ3) is 3.18. The van der Waals surface area contributed by atoms with Crippen LogP contribution in [-0.2, 0) is 0 Å². The Bertz CT molecular complexity index is 2140. The number of fused-ring (bicyclic) bond motifs is 8. The second kappa shape index (κ2) is 7.95. The van der Waals surface area contributed by atoms with Crippen molar-refractivity contribution in [3.8, 4) is 22.5 Å². The van der Waals surface area contributed by atoms with Gasteiger partial charge >= 0.3 is 0 Å². The molecule has 8 rings (SSSR count). The molecule has 2 aromatic heterocycles. The number of nitrogens with zero attached hydrogens (tertiary/aromatic N) is 2. The summed E-state index contributed by atoms with van der Waals surface area (Å²) in [6.45, 7) is 0. The lowest BCUT2D eigenvalue weighted by Gasteiger charge is -2.13. The summed E-state index contributed by atoms with van der Waals surface area (Å²) in [5.74, 6) is 0. The van der Waals surface area contributed by atoms with E-state index in [4.69, 9.17) is 9.97 Å². The second-order valence-electron chi connectivity index (χ2n) is 9.42. The summed E-state index contributed by atoms with van der Waals surface area (Å²) in [4.78, 5) is 10.5. The van der Waals surface area contributed by atoms with Crippen LogP contribution in [0.3, 0.4) is 0 Å². The highest BCUT2D eigenvalue weighted by Crippen LogP contribution is 2.40. The summed E-state index contributed by atoms with van der Waals surface area (Å²) in [6, 6.07) is 42.9. The molecule has 6 aromatic carbocycles. The molecule has 0 bridgehead atoms. The molecule has 0 saturated carbocycles. The van der Waals surface area contributed by atoms with Crippen molar-refractivity contribution in [3.05, 3.63) is 121 Å². The van der Waals surface area contributed by atoms with Crippen LogP contribution in [0.25, 0.3) is 75.3 Å². The van der Waals surface area contributed by atoms with Crippen LogP contribution in [0.15, 0.2) is 121 Å². The first-order valence-electron chi connectivity index (χ1n) is 12.4. The number of hydrogen-bond donors (Lipinski definition) is 0. The SMILES string of the molecule is c1ccc(-c2nc3ccc4ccccc4c3nc2-c2ccc3c(ccc4c5ccccc5sc34)c2)cc1. The molecular weight excluding hydrogens is 468 g/mol. The largest absolute Gasteiger partial charge is 0.244 e. The Hall–Kier alpha value is -4.60. The van der Waals surface area contributed by atoms with Crippen molar-refractivity contribution in [2.75, 3.05) is 0 Å². The van der Waals surface area contributed by atoms with E-state index in [1.807, 2.05) is 17.4 Å². The number of rotatable bonds is 2. The first-order chi connectivity index (χ1) is 18.3. The fourth-order valence-corrected chi connectivity index (χ4v) is 6.69. The van der Waals surface area contributed by atoms with E-state index in [1.54, 1.807) is 0 Å². The molecule has 0 unspecified atom stereocenters. The summed E-state index contributed by atoms with van der Waals surface area (Å²) < 4.78 is 2.66. The molecule has 3 heteroatoms. The summed E-state index contributed by atoms with van der Waals surface area (Å²) in [7, 11) is 0. The maximum atomic E-state index is 5.29. The third-order valence-corrected chi connectivity index (χ3v) is 8.46. The highest BCUT2D eigenvalue weighted by Gasteiger charge is 2.16. The van der Waals surface area contributed by atoms with Gasteiger partial charge in [-0.2, -0.15) is 0 Å². The van der Waals surface area contributed by atoms with E-state index in [2.05, 4.69) is 115 Å². The van der Waals surface area contributed by atoms with Gasteiger partial charge in [-0.05, 0) is 34.4 Å². The zero-order valence-electron chi connectivity index (χ0n) is 19.8. The smallest absolute Gasteiger partial charge is 0.0973 e. The molecule has 0 saturated heterocycles. The summed E-state index contributed by atoms with van der Waals surface area (Å²) >= 11 is 1.87. The molecule has 0 radical (unpaired) electrons. The van der Waals surface area contributed by atoms with Crippen molar-refractivity contribution in [2.24, 2.45) is 0 Å². The minimum atomic E-state index is 0.908. The maximum absolute atomic E-state index is 5.29. The number of thiophene rings is 1. The standard InChI is InChI=1S/C34H20N2S/c1-2-9-22(10-3-1)31-32(36-33-25-11-5-4-8-21(25)16-19-29(33)35-31)24-15-17-26-23(20-24)14-18-28-27-12-6-7-13-30(27)37-34(26)28/h1-20H. The molecule has 0 fully saturated rings. The van der Waals surface area contributed by atoms with E-state index in [-0.39, 0.29) is 0 Å². The zero-order chi connectivity index (χ0) is 24.3. The van der Waals surface area contributed by atoms with E-state index in [1.165, 1.54) is 36.3 Å². The molecule has 2 heterocycles. The number of benzene rings is 6. The van der Waals surface area contributed by atoms with Crippen molar-refractivity contribution in [3.63, 3.8) is 0 Å². The van der Waals surface area contributed by atoms with Crippen LogP contribution in [0.1, 0.15) is 0 Å². The first-order valence-corrected chi connectivity index (χ1v) is 13.2. The predicted octanol–water partition coefficient (Wildman–Crippen LogP) is 9.64. The van der Waals surface area contributed by atoms with Gasteiger partial charge < -0.3 is 0 Å². The molecule has 0 aliphatic carbocycles. The summed E-state index contributed by atoms with van der Waals surface area (Å²) in [5.41, 5.74) is 5.82. The van der Waals surface area contributed by atoms with Gasteiger partial charge in [0.2, 0.25) is 0 Å².